The van der Waals surface area contributed by atoms with Crippen molar-refractivity contribution in [3.8, 4) is 5.69 Å². The van der Waals surface area contributed by atoms with Gasteiger partial charge in [0.2, 0.25) is 0 Å². The van der Waals surface area contributed by atoms with E-state index in [1.165, 1.54) is 0 Å². The SMILES string of the molecule is CCOCCOCc1cccc(NC(=O)c2cnn(-c3ccc(Br)cc3)c2C)c1. The average Bonchev–Trinajstić information content (AvgIpc) is 3.10. The van der Waals surface area contributed by atoms with E-state index in [0.717, 1.165) is 27.1 Å². The third-order valence-electron chi connectivity index (χ3n) is 4.36. The van der Waals surface area contributed by atoms with Gasteiger partial charge < -0.3 is 14.8 Å². The zero-order valence-electron chi connectivity index (χ0n) is 16.5. The summed E-state index contributed by atoms with van der Waals surface area (Å²) in [5.41, 5.74) is 3.92. The molecule has 6 nitrogen and oxygen atoms in total. The van der Waals surface area contributed by atoms with Gasteiger partial charge in [-0.2, -0.15) is 5.10 Å². The molecule has 29 heavy (non-hydrogen) atoms. The first-order chi connectivity index (χ1) is 14.1. The number of nitrogens with one attached hydrogen (secondary N) is 1. The predicted octanol–water partition coefficient (Wildman–Crippen LogP) is 4.75. The molecular weight excluding hydrogens is 434 g/mol. The number of hydrogen-bond acceptors (Lipinski definition) is 4. The van der Waals surface area contributed by atoms with E-state index >= 15 is 0 Å². The van der Waals surface area contributed by atoms with E-state index in [1.807, 2.05) is 62.4 Å². The van der Waals surface area contributed by atoms with Gasteiger partial charge in [0.15, 0.2) is 0 Å². The Hall–Kier alpha value is -2.48. The Morgan fingerprint density at radius 3 is 2.66 bits per heavy atom. The van der Waals surface area contributed by atoms with Crippen LogP contribution in [-0.2, 0) is 16.1 Å². The summed E-state index contributed by atoms with van der Waals surface area (Å²) in [5.74, 6) is -0.194. The van der Waals surface area contributed by atoms with Crippen LogP contribution in [0.15, 0.2) is 59.2 Å². The molecule has 0 saturated heterocycles. The minimum atomic E-state index is -0.194. The standard InChI is InChI=1S/C22H24BrN3O3/c1-3-28-11-12-29-15-17-5-4-6-19(13-17)25-22(27)21-14-24-26(16(21)2)20-9-7-18(23)8-10-20/h4-10,13-14H,3,11-12,15H2,1-2H3,(H,25,27). The molecule has 0 aliphatic heterocycles. The Bertz CT molecular complexity index is 954. The van der Waals surface area contributed by atoms with Crippen molar-refractivity contribution < 1.29 is 14.3 Å². The Balaban J connectivity index is 1.65. The van der Waals surface area contributed by atoms with E-state index in [9.17, 15) is 4.79 Å². The first kappa shape index (κ1) is 21.2. The quantitative estimate of drug-likeness (QED) is 0.470. The fourth-order valence-electron chi connectivity index (χ4n) is 2.86. The summed E-state index contributed by atoms with van der Waals surface area (Å²) in [7, 11) is 0. The van der Waals surface area contributed by atoms with Gasteiger partial charge in [0.25, 0.3) is 5.91 Å². The molecule has 0 atom stereocenters. The van der Waals surface area contributed by atoms with Crippen molar-refractivity contribution in [2.45, 2.75) is 20.5 Å². The minimum absolute atomic E-state index is 0.194. The van der Waals surface area contributed by atoms with Gasteiger partial charge in [-0.1, -0.05) is 28.1 Å². The fourth-order valence-corrected chi connectivity index (χ4v) is 3.13. The van der Waals surface area contributed by atoms with Gasteiger partial charge in [-0.25, -0.2) is 4.68 Å². The average molecular weight is 458 g/mol. The summed E-state index contributed by atoms with van der Waals surface area (Å²) in [6.45, 7) is 6.11. The van der Waals surface area contributed by atoms with Crippen LogP contribution in [0.5, 0.6) is 0 Å². The maximum atomic E-state index is 12.8. The van der Waals surface area contributed by atoms with Gasteiger partial charge in [0.05, 0.1) is 43.0 Å². The lowest BCUT2D eigenvalue weighted by molar-refractivity contribution is 0.0453. The molecule has 3 rings (SSSR count). The third kappa shape index (κ3) is 5.76. The Morgan fingerprint density at radius 1 is 1.14 bits per heavy atom. The van der Waals surface area contributed by atoms with Crippen molar-refractivity contribution in [2.24, 2.45) is 0 Å². The molecular formula is C22H24BrN3O3. The predicted molar refractivity (Wildman–Crippen MR) is 117 cm³/mol. The lowest BCUT2D eigenvalue weighted by Gasteiger charge is -2.09. The summed E-state index contributed by atoms with van der Waals surface area (Å²) in [6, 6.07) is 15.4. The van der Waals surface area contributed by atoms with Crippen molar-refractivity contribution >= 4 is 27.5 Å². The molecule has 1 heterocycles. The highest BCUT2D eigenvalue weighted by Gasteiger charge is 2.15. The number of aromatic nitrogens is 2. The Kier molecular flexibility index (Phi) is 7.57. The van der Waals surface area contributed by atoms with Gasteiger partial charge in [0.1, 0.15) is 0 Å². The lowest BCUT2D eigenvalue weighted by Crippen LogP contribution is -2.13. The molecule has 0 aliphatic rings. The molecule has 0 fully saturated rings. The summed E-state index contributed by atoms with van der Waals surface area (Å²) in [6.07, 6.45) is 1.59. The van der Waals surface area contributed by atoms with Crippen LogP contribution in [0, 0.1) is 6.92 Å². The Labute approximate surface area is 179 Å². The molecule has 0 spiro atoms. The first-order valence-electron chi connectivity index (χ1n) is 9.45. The molecule has 7 heteroatoms. The van der Waals surface area contributed by atoms with E-state index < -0.39 is 0 Å². The molecule has 0 unspecified atom stereocenters. The molecule has 3 aromatic rings. The molecule has 1 aromatic heterocycles. The molecule has 0 bridgehead atoms. The maximum Gasteiger partial charge on any atom is 0.259 e. The van der Waals surface area contributed by atoms with E-state index in [1.54, 1.807) is 10.9 Å². The number of hydrogen-bond donors (Lipinski definition) is 1. The molecule has 0 radical (unpaired) electrons. The summed E-state index contributed by atoms with van der Waals surface area (Å²) >= 11 is 3.43. The van der Waals surface area contributed by atoms with Crippen molar-refractivity contribution in [2.75, 3.05) is 25.1 Å². The van der Waals surface area contributed by atoms with Crippen LogP contribution in [0.1, 0.15) is 28.5 Å². The topological polar surface area (TPSA) is 65.4 Å². The maximum absolute atomic E-state index is 12.8. The van der Waals surface area contributed by atoms with Crippen LogP contribution in [0.2, 0.25) is 0 Å². The summed E-state index contributed by atoms with van der Waals surface area (Å²) in [4.78, 5) is 12.8. The van der Waals surface area contributed by atoms with E-state index in [2.05, 4.69) is 26.3 Å². The third-order valence-corrected chi connectivity index (χ3v) is 4.88. The highest BCUT2D eigenvalue weighted by atomic mass is 79.9. The highest BCUT2D eigenvalue weighted by molar-refractivity contribution is 9.10. The monoisotopic (exact) mass is 457 g/mol. The van der Waals surface area contributed by atoms with Gasteiger partial charge in [-0.15, -0.1) is 0 Å². The highest BCUT2D eigenvalue weighted by Crippen LogP contribution is 2.19. The second kappa shape index (κ2) is 10.3. The van der Waals surface area contributed by atoms with E-state index in [4.69, 9.17) is 9.47 Å². The molecule has 2 aromatic carbocycles. The zero-order chi connectivity index (χ0) is 20.6. The second-order valence-electron chi connectivity index (χ2n) is 6.44. The number of carbonyl (C=O) groups is 1. The number of rotatable bonds is 9. The number of benzene rings is 2. The van der Waals surface area contributed by atoms with Gasteiger partial charge in [0, 0.05) is 16.8 Å². The molecule has 0 aliphatic carbocycles. The largest absolute Gasteiger partial charge is 0.379 e. The minimum Gasteiger partial charge on any atom is -0.379 e. The smallest absolute Gasteiger partial charge is 0.259 e. The number of nitrogens with zero attached hydrogens (tertiary/aromatic N) is 2. The fraction of sp³-hybridized carbons (Fsp3) is 0.273. The van der Waals surface area contributed by atoms with Crippen LogP contribution in [0.4, 0.5) is 5.69 Å². The number of carbonyl (C=O) groups excluding carboxylic acids is 1. The molecule has 1 amide bonds. The molecule has 152 valence electrons. The first-order valence-corrected chi connectivity index (χ1v) is 10.2. The zero-order valence-corrected chi connectivity index (χ0v) is 18.1. The second-order valence-corrected chi connectivity index (χ2v) is 7.35. The molecule has 0 saturated carbocycles. The number of halogens is 1. The molecule has 1 N–H and O–H groups in total. The van der Waals surface area contributed by atoms with Crippen molar-refractivity contribution in [1.29, 1.82) is 0 Å². The van der Waals surface area contributed by atoms with Crippen LogP contribution in [0.3, 0.4) is 0 Å². The van der Waals surface area contributed by atoms with Crippen molar-refractivity contribution in [1.82, 2.24) is 9.78 Å². The van der Waals surface area contributed by atoms with Gasteiger partial charge in [-0.05, 0) is 55.8 Å². The van der Waals surface area contributed by atoms with Gasteiger partial charge in [-0.3, -0.25) is 4.79 Å². The number of anilines is 1. The number of amides is 1. The van der Waals surface area contributed by atoms with Crippen molar-refractivity contribution in [3.05, 3.63) is 76.0 Å². The van der Waals surface area contributed by atoms with Crippen LogP contribution in [-0.4, -0.2) is 35.5 Å². The normalized spacial score (nSPS) is 10.9. The van der Waals surface area contributed by atoms with Crippen molar-refractivity contribution in [3.63, 3.8) is 0 Å². The van der Waals surface area contributed by atoms with Crippen LogP contribution >= 0.6 is 15.9 Å². The van der Waals surface area contributed by atoms with E-state index in [0.29, 0.717) is 32.0 Å². The van der Waals surface area contributed by atoms with Crippen LogP contribution < -0.4 is 5.32 Å². The van der Waals surface area contributed by atoms with Crippen LogP contribution in [0.25, 0.3) is 5.69 Å². The summed E-state index contributed by atoms with van der Waals surface area (Å²) in [5, 5.41) is 7.31. The van der Waals surface area contributed by atoms with Gasteiger partial charge >= 0.3 is 0 Å². The van der Waals surface area contributed by atoms with E-state index in [-0.39, 0.29) is 5.91 Å². The Morgan fingerprint density at radius 2 is 1.90 bits per heavy atom. The summed E-state index contributed by atoms with van der Waals surface area (Å²) < 4.78 is 13.6. The lowest BCUT2D eigenvalue weighted by atomic mass is 10.2. The number of ether oxygens (including phenoxy) is 2.